The Bertz CT molecular complexity index is 686. The fourth-order valence-electron chi connectivity index (χ4n) is 1.87. The second kappa shape index (κ2) is 7.93. The maximum absolute atomic E-state index is 12.8. The molecule has 2 aromatic rings. The predicted octanol–water partition coefficient (Wildman–Crippen LogP) is 1.90. The van der Waals surface area contributed by atoms with Gasteiger partial charge in [0.2, 0.25) is 5.91 Å². The van der Waals surface area contributed by atoms with Crippen LogP contribution in [0.2, 0.25) is 0 Å². The fraction of sp³-hybridized carbons (Fsp3) is 0.176. The molecular formula is C17H17FN2O3. The first kappa shape index (κ1) is 16.5. The van der Waals surface area contributed by atoms with E-state index in [1.165, 1.54) is 24.3 Å². The number of hydrogen-bond donors (Lipinski definition) is 2. The molecular weight excluding hydrogens is 299 g/mol. The first-order valence-corrected chi connectivity index (χ1v) is 7.05. The third-order valence-corrected chi connectivity index (χ3v) is 3.07. The number of carbonyl (C=O) groups is 2. The predicted molar refractivity (Wildman–Crippen MR) is 83.1 cm³/mol. The van der Waals surface area contributed by atoms with E-state index in [9.17, 15) is 14.0 Å². The molecule has 6 heteroatoms. The standard InChI is InChI=1S/C17H17FN2O3/c1-12-4-2-3-5-15(12)23-11-17(22)20-19-16(21)10-13-6-8-14(18)9-7-13/h2-9H,10-11H2,1H3,(H,19,21)(H,20,22). The van der Waals surface area contributed by atoms with E-state index in [0.717, 1.165) is 5.56 Å². The minimum atomic E-state index is -0.472. The molecule has 0 fully saturated rings. The third-order valence-electron chi connectivity index (χ3n) is 3.07. The van der Waals surface area contributed by atoms with Crippen molar-refractivity contribution >= 4 is 11.8 Å². The highest BCUT2D eigenvalue weighted by molar-refractivity contribution is 5.83. The lowest BCUT2D eigenvalue weighted by Crippen LogP contribution is -2.44. The number of nitrogens with one attached hydrogen (secondary N) is 2. The van der Waals surface area contributed by atoms with Crippen molar-refractivity contribution in [1.29, 1.82) is 0 Å². The number of aryl methyl sites for hydroxylation is 1. The zero-order chi connectivity index (χ0) is 16.7. The van der Waals surface area contributed by atoms with E-state index in [0.29, 0.717) is 11.3 Å². The molecule has 0 aliphatic carbocycles. The van der Waals surface area contributed by atoms with Gasteiger partial charge in [-0.25, -0.2) is 4.39 Å². The number of rotatable bonds is 5. The van der Waals surface area contributed by atoms with E-state index in [4.69, 9.17) is 4.74 Å². The molecule has 0 atom stereocenters. The lowest BCUT2D eigenvalue weighted by molar-refractivity contribution is -0.129. The van der Waals surface area contributed by atoms with Gasteiger partial charge in [-0.3, -0.25) is 20.4 Å². The van der Waals surface area contributed by atoms with Crippen LogP contribution in [0.25, 0.3) is 0 Å². The Labute approximate surface area is 133 Å². The van der Waals surface area contributed by atoms with Gasteiger partial charge in [0.25, 0.3) is 5.91 Å². The van der Waals surface area contributed by atoms with Gasteiger partial charge in [-0.15, -0.1) is 0 Å². The fourth-order valence-corrected chi connectivity index (χ4v) is 1.87. The van der Waals surface area contributed by atoms with Gasteiger partial charge in [-0.1, -0.05) is 30.3 Å². The smallest absolute Gasteiger partial charge is 0.276 e. The van der Waals surface area contributed by atoms with Crippen molar-refractivity contribution in [1.82, 2.24) is 10.9 Å². The van der Waals surface area contributed by atoms with Crippen LogP contribution in [0, 0.1) is 12.7 Å². The van der Waals surface area contributed by atoms with Crippen LogP contribution in [0.1, 0.15) is 11.1 Å². The van der Waals surface area contributed by atoms with Crippen LogP contribution in [-0.2, 0) is 16.0 Å². The highest BCUT2D eigenvalue weighted by atomic mass is 19.1. The quantitative estimate of drug-likeness (QED) is 0.828. The summed E-state index contributed by atoms with van der Waals surface area (Å²) in [4.78, 5) is 23.3. The minimum absolute atomic E-state index is 0.0409. The van der Waals surface area contributed by atoms with Crippen LogP contribution >= 0.6 is 0 Å². The van der Waals surface area contributed by atoms with Gasteiger partial charge in [-0.2, -0.15) is 0 Å². The van der Waals surface area contributed by atoms with Crippen LogP contribution in [0.4, 0.5) is 4.39 Å². The number of carbonyl (C=O) groups excluding carboxylic acids is 2. The maximum Gasteiger partial charge on any atom is 0.276 e. The normalized spacial score (nSPS) is 10.0. The summed E-state index contributed by atoms with van der Waals surface area (Å²) in [6, 6.07) is 12.9. The Morgan fingerprint density at radius 3 is 2.35 bits per heavy atom. The Balaban J connectivity index is 1.72. The lowest BCUT2D eigenvalue weighted by atomic mass is 10.1. The van der Waals surface area contributed by atoms with Gasteiger partial charge in [0.05, 0.1) is 6.42 Å². The van der Waals surface area contributed by atoms with Gasteiger partial charge < -0.3 is 4.74 Å². The molecule has 0 saturated carbocycles. The van der Waals surface area contributed by atoms with E-state index < -0.39 is 11.8 Å². The maximum atomic E-state index is 12.8. The van der Waals surface area contributed by atoms with E-state index in [2.05, 4.69) is 10.9 Å². The van der Waals surface area contributed by atoms with Crippen molar-refractivity contribution in [2.45, 2.75) is 13.3 Å². The van der Waals surface area contributed by atoms with Gasteiger partial charge in [0.1, 0.15) is 11.6 Å². The number of amides is 2. The van der Waals surface area contributed by atoms with E-state index in [1.807, 2.05) is 25.1 Å². The summed E-state index contributed by atoms with van der Waals surface area (Å²) < 4.78 is 18.1. The van der Waals surface area contributed by atoms with Crippen molar-refractivity contribution in [2.24, 2.45) is 0 Å². The molecule has 0 heterocycles. The van der Waals surface area contributed by atoms with E-state index in [1.54, 1.807) is 6.07 Å². The molecule has 0 spiro atoms. The van der Waals surface area contributed by atoms with Gasteiger partial charge in [-0.05, 0) is 36.2 Å². The first-order chi connectivity index (χ1) is 11.0. The van der Waals surface area contributed by atoms with Crippen molar-refractivity contribution in [3.05, 3.63) is 65.5 Å². The zero-order valence-corrected chi connectivity index (χ0v) is 12.6. The highest BCUT2D eigenvalue weighted by Gasteiger charge is 2.07. The van der Waals surface area contributed by atoms with Crippen LogP contribution in [0.3, 0.4) is 0 Å². The average molecular weight is 316 g/mol. The number of ether oxygens (including phenoxy) is 1. The molecule has 0 saturated heterocycles. The molecule has 5 nitrogen and oxygen atoms in total. The molecule has 0 bridgehead atoms. The average Bonchev–Trinajstić information content (AvgIpc) is 2.54. The summed E-state index contributed by atoms with van der Waals surface area (Å²) in [6.07, 6.45) is 0.0409. The summed E-state index contributed by atoms with van der Waals surface area (Å²) >= 11 is 0. The molecule has 23 heavy (non-hydrogen) atoms. The SMILES string of the molecule is Cc1ccccc1OCC(=O)NNC(=O)Cc1ccc(F)cc1. The number of benzene rings is 2. The van der Waals surface area contributed by atoms with Gasteiger partial charge in [0.15, 0.2) is 6.61 Å². The molecule has 120 valence electrons. The van der Waals surface area contributed by atoms with Gasteiger partial charge >= 0.3 is 0 Å². The second-order valence-corrected chi connectivity index (χ2v) is 4.95. The highest BCUT2D eigenvalue weighted by Crippen LogP contribution is 2.15. The Morgan fingerprint density at radius 1 is 1.00 bits per heavy atom. The monoisotopic (exact) mass is 316 g/mol. The molecule has 2 N–H and O–H groups in total. The molecule has 2 aromatic carbocycles. The number of hydrogen-bond acceptors (Lipinski definition) is 3. The topological polar surface area (TPSA) is 67.4 Å². The van der Waals surface area contributed by atoms with Crippen molar-refractivity contribution in [3.63, 3.8) is 0 Å². The summed E-state index contributed by atoms with van der Waals surface area (Å²) in [5, 5.41) is 0. The largest absolute Gasteiger partial charge is 0.483 e. The summed E-state index contributed by atoms with van der Waals surface area (Å²) in [7, 11) is 0. The molecule has 0 aromatic heterocycles. The molecule has 0 aliphatic rings. The van der Waals surface area contributed by atoms with Gasteiger partial charge in [0, 0.05) is 0 Å². The Kier molecular flexibility index (Phi) is 5.68. The van der Waals surface area contributed by atoms with Crippen LogP contribution in [-0.4, -0.2) is 18.4 Å². The zero-order valence-electron chi connectivity index (χ0n) is 12.6. The van der Waals surface area contributed by atoms with Crippen LogP contribution < -0.4 is 15.6 Å². The number of halogens is 1. The summed E-state index contributed by atoms with van der Waals surface area (Å²) in [6.45, 7) is 1.67. The number of hydrazine groups is 1. The van der Waals surface area contributed by atoms with Crippen molar-refractivity contribution in [2.75, 3.05) is 6.61 Å². The number of para-hydroxylation sites is 1. The van der Waals surface area contributed by atoms with Crippen molar-refractivity contribution in [3.8, 4) is 5.75 Å². The van der Waals surface area contributed by atoms with Crippen LogP contribution in [0.5, 0.6) is 5.75 Å². The molecule has 0 radical (unpaired) electrons. The first-order valence-electron chi connectivity index (χ1n) is 7.05. The Hall–Kier alpha value is -2.89. The molecule has 2 rings (SSSR count). The Morgan fingerprint density at radius 2 is 1.65 bits per heavy atom. The summed E-state index contributed by atoms with van der Waals surface area (Å²) in [5.74, 6) is -0.627. The second-order valence-electron chi connectivity index (χ2n) is 4.95. The van der Waals surface area contributed by atoms with Crippen molar-refractivity contribution < 1.29 is 18.7 Å². The lowest BCUT2D eigenvalue weighted by Gasteiger charge is -2.10. The third kappa shape index (κ3) is 5.43. The van der Waals surface area contributed by atoms with E-state index in [-0.39, 0.29) is 18.8 Å². The van der Waals surface area contributed by atoms with E-state index >= 15 is 0 Å². The van der Waals surface area contributed by atoms with Crippen LogP contribution in [0.15, 0.2) is 48.5 Å². The molecule has 2 amide bonds. The minimum Gasteiger partial charge on any atom is -0.483 e. The summed E-state index contributed by atoms with van der Waals surface area (Å²) in [5.41, 5.74) is 6.12. The molecule has 0 aliphatic heterocycles. The molecule has 0 unspecified atom stereocenters.